The van der Waals surface area contributed by atoms with Crippen molar-refractivity contribution in [3.05, 3.63) is 28.8 Å². The van der Waals surface area contributed by atoms with Gasteiger partial charge in [0.05, 0.1) is 10.7 Å². The Balaban J connectivity index is 2.45. The maximum atomic E-state index is 6.10. The van der Waals surface area contributed by atoms with E-state index in [4.69, 9.17) is 23.8 Å². The number of likely N-dealkylation sites (N-methyl/N-ethyl adjacent to an activating group) is 1. The predicted octanol–water partition coefficient (Wildman–Crippen LogP) is 2.50. The summed E-state index contributed by atoms with van der Waals surface area (Å²) in [4.78, 5) is 2.09. The lowest BCUT2D eigenvalue weighted by atomic mass is 10.2. The summed E-state index contributed by atoms with van der Waals surface area (Å²) in [6.45, 7) is 3.75. The first-order valence-corrected chi connectivity index (χ1v) is 6.23. The van der Waals surface area contributed by atoms with E-state index >= 15 is 0 Å². The van der Waals surface area contributed by atoms with Crippen LogP contribution in [0.2, 0.25) is 5.02 Å². The van der Waals surface area contributed by atoms with Crippen LogP contribution in [0, 0.1) is 6.92 Å². The van der Waals surface area contributed by atoms with Crippen LogP contribution in [0.5, 0.6) is 0 Å². The standard InChI is InChI=1S/C12H18ClN3S/c1-9-4-5-11(10(13)8-9)15-12(17)14-6-7-16(2)3/h4-5,8H,6-7H2,1-3H3,(H2,14,15,17). The van der Waals surface area contributed by atoms with Crippen molar-refractivity contribution in [2.45, 2.75) is 6.92 Å². The Labute approximate surface area is 113 Å². The smallest absolute Gasteiger partial charge is 0.170 e. The van der Waals surface area contributed by atoms with Crippen LogP contribution in [0.1, 0.15) is 5.56 Å². The zero-order valence-corrected chi connectivity index (χ0v) is 12.0. The summed E-state index contributed by atoms with van der Waals surface area (Å²) in [6.07, 6.45) is 0. The monoisotopic (exact) mass is 271 g/mol. The molecule has 0 saturated carbocycles. The molecule has 17 heavy (non-hydrogen) atoms. The first kappa shape index (κ1) is 14.2. The molecule has 0 amide bonds. The number of nitrogens with zero attached hydrogens (tertiary/aromatic N) is 1. The van der Waals surface area contributed by atoms with Crippen molar-refractivity contribution in [2.24, 2.45) is 0 Å². The van der Waals surface area contributed by atoms with Gasteiger partial charge in [-0.25, -0.2) is 0 Å². The minimum atomic E-state index is 0.595. The van der Waals surface area contributed by atoms with Crippen molar-refractivity contribution < 1.29 is 0 Å². The molecule has 0 unspecified atom stereocenters. The molecule has 0 fully saturated rings. The van der Waals surface area contributed by atoms with E-state index in [9.17, 15) is 0 Å². The highest BCUT2D eigenvalue weighted by molar-refractivity contribution is 7.80. The van der Waals surface area contributed by atoms with Gasteiger partial charge in [-0.2, -0.15) is 0 Å². The normalized spacial score (nSPS) is 10.4. The predicted molar refractivity (Wildman–Crippen MR) is 79.0 cm³/mol. The second-order valence-electron chi connectivity index (χ2n) is 4.17. The van der Waals surface area contributed by atoms with E-state index < -0.39 is 0 Å². The van der Waals surface area contributed by atoms with E-state index in [1.807, 2.05) is 39.2 Å². The van der Waals surface area contributed by atoms with Gasteiger partial charge in [0.25, 0.3) is 0 Å². The van der Waals surface area contributed by atoms with Gasteiger partial charge in [0, 0.05) is 13.1 Å². The van der Waals surface area contributed by atoms with Crippen molar-refractivity contribution in [1.82, 2.24) is 10.2 Å². The summed E-state index contributed by atoms with van der Waals surface area (Å²) in [5, 5.41) is 7.48. The fraction of sp³-hybridized carbons (Fsp3) is 0.417. The third kappa shape index (κ3) is 5.35. The quantitative estimate of drug-likeness (QED) is 0.823. The molecule has 0 saturated heterocycles. The zero-order chi connectivity index (χ0) is 12.8. The van der Waals surface area contributed by atoms with Crippen LogP contribution in [-0.4, -0.2) is 37.2 Å². The Morgan fingerprint density at radius 1 is 1.41 bits per heavy atom. The molecule has 5 heteroatoms. The molecule has 2 N–H and O–H groups in total. The van der Waals surface area contributed by atoms with Gasteiger partial charge in [0.15, 0.2) is 5.11 Å². The van der Waals surface area contributed by atoms with Crippen LogP contribution >= 0.6 is 23.8 Å². The van der Waals surface area contributed by atoms with Crippen LogP contribution in [-0.2, 0) is 0 Å². The number of rotatable bonds is 4. The van der Waals surface area contributed by atoms with E-state index in [1.54, 1.807) is 0 Å². The summed E-state index contributed by atoms with van der Waals surface area (Å²) < 4.78 is 0. The Bertz CT molecular complexity index is 393. The van der Waals surface area contributed by atoms with Gasteiger partial charge in [0.1, 0.15) is 0 Å². The number of anilines is 1. The first-order chi connectivity index (χ1) is 7.99. The third-order valence-corrected chi connectivity index (χ3v) is 2.78. The molecule has 0 aliphatic heterocycles. The second kappa shape index (κ2) is 6.79. The molecule has 1 aromatic carbocycles. The second-order valence-corrected chi connectivity index (χ2v) is 4.98. The summed E-state index contributed by atoms with van der Waals surface area (Å²) in [6, 6.07) is 5.83. The van der Waals surface area contributed by atoms with Crippen molar-refractivity contribution in [1.29, 1.82) is 0 Å². The minimum Gasteiger partial charge on any atom is -0.361 e. The Hall–Kier alpha value is -0.840. The number of nitrogens with one attached hydrogen (secondary N) is 2. The van der Waals surface area contributed by atoms with Crippen LogP contribution < -0.4 is 10.6 Å². The molecule has 1 aromatic rings. The SMILES string of the molecule is Cc1ccc(NC(=S)NCCN(C)C)c(Cl)c1. The zero-order valence-electron chi connectivity index (χ0n) is 10.4. The van der Waals surface area contributed by atoms with Crippen molar-refractivity contribution in [3.63, 3.8) is 0 Å². The molecule has 1 rings (SSSR count). The van der Waals surface area contributed by atoms with Crippen LogP contribution in [0.4, 0.5) is 5.69 Å². The van der Waals surface area contributed by atoms with E-state index in [0.717, 1.165) is 24.3 Å². The topological polar surface area (TPSA) is 27.3 Å². The third-order valence-electron chi connectivity index (χ3n) is 2.22. The average molecular weight is 272 g/mol. The highest BCUT2D eigenvalue weighted by Crippen LogP contribution is 2.22. The molecule has 0 radical (unpaired) electrons. The molecular formula is C12H18ClN3S. The largest absolute Gasteiger partial charge is 0.361 e. The van der Waals surface area contributed by atoms with Gasteiger partial charge in [0.2, 0.25) is 0 Å². The Kier molecular flexibility index (Phi) is 5.68. The van der Waals surface area contributed by atoms with E-state index in [2.05, 4.69) is 15.5 Å². The number of benzene rings is 1. The summed E-state index contributed by atoms with van der Waals surface area (Å²) in [7, 11) is 4.05. The van der Waals surface area contributed by atoms with Crippen LogP contribution in [0.15, 0.2) is 18.2 Å². The molecule has 0 heterocycles. The molecule has 0 aromatic heterocycles. The minimum absolute atomic E-state index is 0.595. The van der Waals surface area contributed by atoms with Gasteiger partial charge in [-0.1, -0.05) is 17.7 Å². The maximum Gasteiger partial charge on any atom is 0.170 e. The fourth-order valence-electron chi connectivity index (χ4n) is 1.28. The lowest BCUT2D eigenvalue weighted by molar-refractivity contribution is 0.413. The van der Waals surface area contributed by atoms with Crippen molar-refractivity contribution >= 4 is 34.6 Å². The van der Waals surface area contributed by atoms with E-state index in [1.165, 1.54) is 0 Å². The molecule has 0 aliphatic rings. The summed E-state index contributed by atoms with van der Waals surface area (Å²) >= 11 is 11.3. The van der Waals surface area contributed by atoms with Crippen LogP contribution in [0.3, 0.4) is 0 Å². The fourth-order valence-corrected chi connectivity index (χ4v) is 1.78. The highest BCUT2D eigenvalue weighted by atomic mass is 35.5. The van der Waals surface area contributed by atoms with Gasteiger partial charge >= 0.3 is 0 Å². The number of aryl methyl sites for hydroxylation is 1. The number of hydrogen-bond acceptors (Lipinski definition) is 2. The van der Waals surface area contributed by atoms with E-state index in [-0.39, 0.29) is 0 Å². The van der Waals surface area contributed by atoms with Gasteiger partial charge in [-0.15, -0.1) is 0 Å². The highest BCUT2D eigenvalue weighted by Gasteiger charge is 2.02. The molecular weight excluding hydrogens is 254 g/mol. The summed E-state index contributed by atoms with van der Waals surface area (Å²) in [5.41, 5.74) is 1.96. The molecule has 0 bridgehead atoms. The average Bonchev–Trinajstić information content (AvgIpc) is 2.21. The lowest BCUT2D eigenvalue weighted by Gasteiger charge is -2.14. The van der Waals surface area contributed by atoms with Gasteiger partial charge in [-0.3, -0.25) is 0 Å². The first-order valence-electron chi connectivity index (χ1n) is 5.45. The lowest BCUT2D eigenvalue weighted by Crippen LogP contribution is -2.34. The van der Waals surface area contributed by atoms with Crippen LogP contribution in [0.25, 0.3) is 0 Å². The molecule has 0 spiro atoms. The number of hydrogen-bond donors (Lipinski definition) is 2. The van der Waals surface area contributed by atoms with Crippen molar-refractivity contribution in [3.8, 4) is 0 Å². The Morgan fingerprint density at radius 2 is 2.12 bits per heavy atom. The molecule has 94 valence electrons. The van der Waals surface area contributed by atoms with Crippen molar-refractivity contribution in [2.75, 3.05) is 32.5 Å². The number of halogens is 1. The number of thiocarbonyl (C=S) groups is 1. The molecule has 0 aliphatic carbocycles. The maximum absolute atomic E-state index is 6.10. The van der Waals surface area contributed by atoms with Gasteiger partial charge < -0.3 is 15.5 Å². The van der Waals surface area contributed by atoms with Gasteiger partial charge in [-0.05, 0) is 50.9 Å². The molecule has 3 nitrogen and oxygen atoms in total. The molecule has 0 atom stereocenters. The Morgan fingerprint density at radius 3 is 2.71 bits per heavy atom. The summed E-state index contributed by atoms with van der Waals surface area (Å²) in [5.74, 6) is 0. The van der Waals surface area contributed by atoms with E-state index in [0.29, 0.717) is 10.1 Å².